The Labute approximate surface area is 158 Å². The molecule has 0 aliphatic carbocycles. The number of aromatic nitrogens is 1. The minimum atomic E-state index is -0.344. The highest BCUT2D eigenvalue weighted by Gasteiger charge is 2.12. The van der Waals surface area contributed by atoms with Crippen LogP contribution < -0.4 is 15.4 Å². The van der Waals surface area contributed by atoms with Gasteiger partial charge in [0, 0.05) is 31.1 Å². The van der Waals surface area contributed by atoms with Crippen molar-refractivity contribution in [1.82, 2.24) is 15.6 Å². The molecule has 2 N–H and O–H groups in total. The van der Waals surface area contributed by atoms with E-state index in [4.69, 9.17) is 4.74 Å². The van der Waals surface area contributed by atoms with Gasteiger partial charge in [0.2, 0.25) is 0 Å². The predicted octanol–water partition coefficient (Wildman–Crippen LogP) is 3.41. The first-order valence-corrected chi connectivity index (χ1v) is 9.77. The number of hydrogen-bond acceptors (Lipinski definition) is 4. The zero-order valence-corrected chi connectivity index (χ0v) is 16.4. The average molecular weight is 379 g/mol. The van der Waals surface area contributed by atoms with Gasteiger partial charge >= 0.3 is 0 Å². The summed E-state index contributed by atoms with van der Waals surface area (Å²) in [5.74, 6) is 0.635. The molecule has 1 unspecified atom stereocenters. The van der Waals surface area contributed by atoms with Gasteiger partial charge in [-0.15, -0.1) is 11.3 Å². The minimum absolute atomic E-state index is 0.142. The molecule has 5 nitrogen and oxygen atoms in total. The van der Waals surface area contributed by atoms with Crippen molar-refractivity contribution in [3.8, 4) is 5.75 Å². The molecule has 1 aromatic heterocycles. The molecule has 1 heterocycles. The summed E-state index contributed by atoms with van der Waals surface area (Å²) in [7, 11) is 1.73. The molecular formula is C19H27FN4OS. The Bertz CT molecular complexity index is 704. The molecule has 7 heteroatoms. The fourth-order valence-electron chi connectivity index (χ4n) is 2.34. The smallest absolute Gasteiger partial charge is 0.191 e. The number of aryl methyl sites for hydroxylation is 1. The first kappa shape index (κ1) is 20.2. The number of ether oxygens (including phenoxy) is 1. The second-order valence-electron chi connectivity index (χ2n) is 5.78. The summed E-state index contributed by atoms with van der Waals surface area (Å²) in [6, 6.07) is 6.46. The van der Waals surface area contributed by atoms with E-state index in [9.17, 15) is 4.39 Å². The van der Waals surface area contributed by atoms with E-state index in [-0.39, 0.29) is 17.7 Å². The number of nitrogens with zero attached hydrogens (tertiary/aromatic N) is 2. The molecular weight excluding hydrogens is 351 g/mol. The van der Waals surface area contributed by atoms with E-state index < -0.39 is 0 Å². The highest BCUT2D eigenvalue weighted by Crippen LogP contribution is 2.17. The molecule has 0 saturated carbocycles. The van der Waals surface area contributed by atoms with E-state index in [1.807, 2.05) is 13.1 Å². The maximum atomic E-state index is 13.7. The van der Waals surface area contributed by atoms with Gasteiger partial charge in [-0.3, -0.25) is 4.99 Å². The van der Waals surface area contributed by atoms with Crippen molar-refractivity contribution in [3.63, 3.8) is 0 Å². The Kier molecular flexibility index (Phi) is 8.34. The van der Waals surface area contributed by atoms with Gasteiger partial charge in [-0.05, 0) is 25.0 Å². The Morgan fingerprint density at radius 1 is 1.31 bits per heavy atom. The summed E-state index contributed by atoms with van der Waals surface area (Å²) < 4.78 is 19.5. The van der Waals surface area contributed by atoms with Crippen molar-refractivity contribution in [2.45, 2.75) is 39.2 Å². The molecule has 2 rings (SSSR count). The molecule has 0 aliphatic heterocycles. The second kappa shape index (κ2) is 10.8. The third-order valence-corrected chi connectivity index (χ3v) is 5.09. The molecule has 0 fully saturated rings. The van der Waals surface area contributed by atoms with Crippen molar-refractivity contribution in [1.29, 1.82) is 0 Å². The van der Waals surface area contributed by atoms with E-state index in [0.717, 1.165) is 30.8 Å². The Morgan fingerprint density at radius 2 is 2.12 bits per heavy atom. The number of nitrogens with one attached hydrogen (secondary N) is 2. The van der Waals surface area contributed by atoms with Crippen LogP contribution in [0.1, 0.15) is 30.2 Å². The number of aliphatic imine (C=N–C) groups is 1. The number of guanidine groups is 1. The van der Waals surface area contributed by atoms with Crippen LogP contribution in [0.3, 0.4) is 0 Å². The molecule has 0 aliphatic rings. The molecule has 0 bridgehead atoms. The van der Waals surface area contributed by atoms with Crippen LogP contribution in [0.5, 0.6) is 5.75 Å². The Hall–Kier alpha value is -2.15. The molecule has 0 amide bonds. The lowest BCUT2D eigenvalue weighted by atomic mass is 10.2. The third-order valence-electron chi connectivity index (χ3n) is 3.89. The van der Waals surface area contributed by atoms with Gasteiger partial charge in [0.25, 0.3) is 0 Å². The molecule has 0 radical (unpaired) electrons. The highest BCUT2D eigenvalue weighted by molar-refractivity contribution is 7.11. The quantitative estimate of drug-likeness (QED) is 0.519. The summed E-state index contributed by atoms with van der Waals surface area (Å²) in [4.78, 5) is 9.94. The van der Waals surface area contributed by atoms with Gasteiger partial charge in [0.1, 0.15) is 6.10 Å². The highest BCUT2D eigenvalue weighted by atomic mass is 32.1. The number of halogens is 1. The third kappa shape index (κ3) is 6.29. The van der Waals surface area contributed by atoms with Crippen LogP contribution in [0.2, 0.25) is 0 Å². The lowest BCUT2D eigenvalue weighted by molar-refractivity contribution is 0.191. The van der Waals surface area contributed by atoms with Crippen LogP contribution >= 0.6 is 11.3 Å². The van der Waals surface area contributed by atoms with Crippen LogP contribution in [-0.2, 0) is 12.8 Å². The van der Waals surface area contributed by atoms with E-state index in [1.165, 1.54) is 10.9 Å². The summed E-state index contributed by atoms with van der Waals surface area (Å²) in [5, 5.41) is 7.64. The van der Waals surface area contributed by atoms with Gasteiger partial charge in [-0.25, -0.2) is 9.37 Å². The normalized spacial score (nSPS) is 12.7. The average Bonchev–Trinajstić information content (AvgIpc) is 3.12. The standard InChI is InChI=1S/C19H27FN4OS/c1-4-14(25-17-9-7-6-8-16(17)20)12-24-19(21-3)22-11-10-18-23-13-15(5-2)26-18/h6-9,13-14H,4-5,10-12H2,1-3H3,(H2,21,22,24). The van der Waals surface area contributed by atoms with E-state index in [2.05, 4.69) is 27.5 Å². The number of thiazole rings is 1. The topological polar surface area (TPSA) is 58.5 Å². The zero-order chi connectivity index (χ0) is 18.8. The fraction of sp³-hybridized carbons (Fsp3) is 0.474. The molecule has 1 atom stereocenters. The molecule has 1 aromatic carbocycles. The number of benzene rings is 1. The van der Waals surface area contributed by atoms with Gasteiger partial charge < -0.3 is 15.4 Å². The molecule has 2 aromatic rings. The van der Waals surface area contributed by atoms with Crippen molar-refractivity contribution in [2.24, 2.45) is 4.99 Å². The lowest BCUT2D eigenvalue weighted by Gasteiger charge is -2.20. The van der Waals surface area contributed by atoms with Crippen LogP contribution in [-0.4, -0.2) is 37.2 Å². The SMILES string of the molecule is CCc1cnc(CCNC(=NC)NCC(CC)Oc2ccccc2F)s1. The van der Waals surface area contributed by atoms with Crippen molar-refractivity contribution < 1.29 is 9.13 Å². The summed E-state index contributed by atoms with van der Waals surface area (Å²) in [5.41, 5.74) is 0. The van der Waals surface area contributed by atoms with Gasteiger partial charge in [-0.1, -0.05) is 26.0 Å². The summed E-state index contributed by atoms with van der Waals surface area (Å²) >= 11 is 1.75. The Balaban J connectivity index is 1.76. The summed E-state index contributed by atoms with van der Waals surface area (Å²) in [6.07, 6.45) is 4.44. The zero-order valence-electron chi connectivity index (χ0n) is 15.6. The first-order chi connectivity index (χ1) is 12.7. The van der Waals surface area contributed by atoms with E-state index >= 15 is 0 Å². The van der Waals surface area contributed by atoms with Crippen molar-refractivity contribution in [2.75, 3.05) is 20.1 Å². The largest absolute Gasteiger partial charge is 0.486 e. The number of hydrogen-bond donors (Lipinski definition) is 2. The van der Waals surface area contributed by atoms with Gasteiger partial charge in [0.15, 0.2) is 17.5 Å². The fourth-order valence-corrected chi connectivity index (χ4v) is 3.20. The predicted molar refractivity (Wildman–Crippen MR) is 106 cm³/mol. The second-order valence-corrected chi connectivity index (χ2v) is 6.98. The molecule has 0 saturated heterocycles. The molecule has 0 spiro atoms. The Morgan fingerprint density at radius 3 is 2.77 bits per heavy atom. The number of rotatable bonds is 9. The van der Waals surface area contributed by atoms with Crippen molar-refractivity contribution >= 4 is 17.3 Å². The van der Waals surface area contributed by atoms with Crippen LogP contribution in [0, 0.1) is 5.82 Å². The van der Waals surface area contributed by atoms with E-state index in [0.29, 0.717) is 12.5 Å². The van der Waals surface area contributed by atoms with Gasteiger partial charge in [-0.2, -0.15) is 0 Å². The maximum Gasteiger partial charge on any atom is 0.191 e. The monoisotopic (exact) mass is 378 g/mol. The minimum Gasteiger partial charge on any atom is -0.486 e. The van der Waals surface area contributed by atoms with Crippen LogP contribution in [0.25, 0.3) is 0 Å². The lowest BCUT2D eigenvalue weighted by Crippen LogP contribution is -2.43. The van der Waals surface area contributed by atoms with Crippen LogP contribution in [0.4, 0.5) is 4.39 Å². The maximum absolute atomic E-state index is 13.7. The molecule has 142 valence electrons. The number of para-hydroxylation sites is 1. The first-order valence-electron chi connectivity index (χ1n) is 8.95. The van der Waals surface area contributed by atoms with Crippen LogP contribution in [0.15, 0.2) is 35.5 Å². The molecule has 26 heavy (non-hydrogen) atoms. The van der Waals surface area contributed by atoms with Gasteiger partial charge in [0.05, 0.1) is 11.6 Å². The summed E-state index contributed by atoms with van der Waals surface area (Å²) in [6.45, 7) is 5.44. The van der Waals surface area contributed by atoms with E-state index in [1.54, 1.807) is 36.6 Å². The van der Waals surface area contributed by atoms with Crippen molar-refractivity contribution in [3.05, 3.63) is 46.2 Å².